The summed E-state index contributed by atoms with van der Waals surface area (Å²) in [6, 6.07) is 8.34. The van der Waals surface area contributed by atoms with Crippen LogP contribution >= 0.6 is 0 Å². The summed E-state index contributed by atoms with van der Waals surface area (Å²) in [4.78, 5) is 4.33. The molecule has 1 N–H and O–H groups in total. The van der Waals surface area contributed by atoms with Crippen LogP contribution in [0.15, 0.2) is 41.4 Å². The second kappa shape index (κ2) is 6.12. The second-order valence-corrected chi connectivity index (χ2v) is 4.19. The maximum Gasteiger partial charge on any atom is 0.240 e. The summed E-state index contributed by atoms with van der Waals surface area (Å²) in [6.45, 7) is 7.01. The summed E-state index contributed by atoms with van der Waals surface area (Å²) in [5, 5.41) is 7.08. The first-order valence-corrected chi connectivity index (χ1v) is 5.96. The lowest BCUT2D eigenvalue weighted by Gasteiger charge is -1.97. The van der Waals surface area contributed by atoms with E-state index in [1.165, 1.54) is 11.1 Å². The van der Waals surface area contributed by atoms with E-state index in [4.69, 9.17) is 4.52 Å². The van der Waals surface area contributed by atoms with Crippen molar-refractivity contribution in [3.05, 3.63) is 59.8 Å². The van der Waals surface area contributed by atoms with Crippen molar-refractivity contribution in [2.24, 2.45) is 0 Å². The van der Waals surface area contributed by atoms with Gasteiger partial charge in [0, 0.05) is 13.0 Å². The van der Waals surface area contributed by atoms with Gasteiger partial charge in [-0.3, -0.25) is 0 Å². The lowest BCUT2D eigenvalue weighted by Crippen LogP contribution is -2.12. The Morgan fingerprint density at radius 2 is 2.11 bits per heavy atom. The number of aromatic nitrogens is 2. The average Bonchev–Trinajstić information content (AvgIpc) is 2.80. The SMILES string of the molecule is C=CCNCc1nc(Cc2ccc(C)cc2)no1. The molecule has 94 valence electrons. The number of rotatable bonds is 6. The fourth-order valence-corrected chi connectivity index (χ4v) is 1.60. The minimum Gasteiger partial charge on any atom is -0.338 e. The average molecular weight is 243 g/mol. The summed E-state index contributed by atoms with van der Waals surface area (Å²) >= 11 is 0. The van der Waals surface area contributed by atoms with Crippen LogP contribution < -0.4 is 5.32 Å². The van der Waals surface area contributed by atoms with E-state index in [1.54, 1.807) is 6.08 Å². The second-order valence-electron chi connectivity index (χ2n) is 4.19. The largest absolute Gasteiger partial charge is 0.338 e. The molecule has 0 bridgehead atoms. The summed E-state index contributed by atoms with van der Waals surface area (Å²) in [7, 11) is 0. The zero-order chi connectivity index (χ0) is 12.8. The van der Waals surface area contributed by atoms with Crippen molar-refractivity contribution >= 4 is 0 Å². The Hall–Kier alpha value is -1.94. The third-order valence-corrected chi connectivity index (χ3v) is 2.56. The molecule has 0 amide bonds. The van der Waals surface area contributed by atoms with Crippen molar-refractivity contribution in [2.75, 3.05) is 6.54 Å². The number of nitrogens with one attached hydrogen (secondary N) is 1. The van der Waals surface area contributed by atoms with Gasteiger partial charge in [-0.15, -0.1) is 6.58 Å². The molecule has 4 nitrogen and oxygen atoms in total. The third-order valence-electron chi connectivity index (χ3n) is 2.56. The molecule has 1 aromatic heterocycles. The monoisotopic (exact) mass is 243 g/mol. The molecule has 0 saturated carbocycles. The van der Waals surface area contributed by atoms with E-state index >= 15 is 0 Å². The van der Waals surface area contributed by atoms with Crippen LogP contribution in [0.5, 0.6) is 0 Å². The highest BCUT2D eigenvalue weighted by Crippen LogP contribution is 2.08. The highest BCUT2D eigenvalue weighted by Gasteiger charge is 2.06. The van der Waals surface area contributed by atoms with Crippen molar-refractivity contribution in [1.82, 2.24) is 15.5 Å². The molecule has 4 heteroatoms. The Kier molecular flexibility index (Phi) is 4.25. The first kappa shape index (κ1) is 12.5. The first-order chi connectivity index (χ1) is 8.78. The molecule has 0 saturated heterocycles. The van der Waals surface area contributed by atoms with Crippen molar-refractivity contribution in [1.29, 1.82) is 0 Å². The summed E-state index contributed by atoms with van der Waals surface area (Å²) in [5.41, 5.74) is 2.44. The van der Waals surface area contributed by atoms with E-state index in [0.29, 0.717) is 24.7 Å². The molecule has 1 heterocycles. The number of hydrogen-bond donors (Lipinski definition) is 1. The zero-order valence-corrected chi connectivity index (χ0v) is 10.5. The van der Waals surface area contributed by atoms with Gasteiger partial charge in [0.05, 0.1) is 6.54 Å². The van der Waals surface area contributed by atoms with Crippen molar-refractivity contribution < 1.29 is 4.52 Å². The lowest BCUT2D eigenvalue weighted by molar-refractivity contribution is 0.366. The van der Waals surface area contributed by atoms with Gasteiger partial charge >= 0.3 is 0 Å². The number of benzene rings is 1. The standard InChI is InChI=1S/C14H17N3O/c1-3-8-15-10-14-16-13(17-18-14)9-12-6-4-11(2)5-7-12/h3-7,15H,1,8-10H2,2H3. The van der Waals surface area contributed by atoms with Gasteiger partial charge in [-0.25, -0.2) is 0 Å². The first-order valence-electron chi connectivity index (χ1n) is 5.96. The Morgan fingerprint density at radius 3 is 2.83 bits per heavy atom. The van der Waals surface area contributed by atoms with Gasteiger partial charge in [-0.1, -0.05) is 41.1 Å². The van der Waals surface area contributed by atoms with Crippen molar-refractivity contribution in [3.8, 4) is 0 Å². The van der Waals surface area contributed by atoms with E-state index in [1.807, 2.05) is 0 Å². The van der Waals surface area contributed by atoms with E-state index in [9.17, 15) is 0 Å². The van der Waals surface area contributed by atoms with Crippen molar-refractivity contribution in [3.63, 3.8) is 0 Å². The van der Waals surface area contributed by atoms with E-state index in [0.717, 1.165) is 6.54 Å². The van der Waals surface area contributed by atoms with E-state index in [-0.39, 0.29) is 0 Å². The maximum absolute atomic E-state index is 5.15. The van der Waals surface area contributed by atoms with Crippen molar-refractivity contribution in [2.45, 2.75) is 19.9 Å². The van der Waals surface area contributed by atoms with E-state index < -0.39 is 0 Å². The Morgan fingerprint density at radius 1 is 1.33 bits per heavy atom. The number of hydrogen-bond acceptors (Lipinski definition) is 4. The summed E-state index contributed by atoms with van der Waals surface area (Å²) < 4.78 is 5.15. The predicted octanol–water partition coefficient (Wildman–Crippen LogP) is 2.24. The van der Waals surface area contributed by atoms with Crippen LogP contribution in [-0.4, -0.2) is 16.7 Å². The van der Waals surface area contributed by atoms with Crippen LogP contribution in [0, 0.1) is 6.92 Å². The van der Waals surface area contributed by atoms with Crippen LogP contribution in [0.2, 0.25) is 0 Å². The minimum absolute atomic E-state index is 0.576. The van der Waals surface area contributed by atoms with Gasteiger partial charge in [0.2, 0.25) is 5.89 Å². The third kappa shape index (κ3) is 3.53. The summed E-state index contributed by atoms with van der Waals surface area (Å²) in [6.07, 6.45) is 2.49. The smallest absolute Gasteiger partial charge is 0.240 e. The minimum atomic E-state index is 0.576. The molecule has 0 atom stereocenters. The Labute approximate surface area is 107 Å². The van der Waals surface area contributed by atoms with Crippen LogP contribution in [0.1, 0.15) is 22.8 Å². The topological polar surface area (TPSA) is 51.0 Å². The van der Waals surface area contributed by atoms with Gasteiger partial charge in [-0.05, 0) is 12.5 Å². The highest BCUT2D eigenvalue weighted by atomic mass is 16.5. The zero-order valence-electron chi connectivity index (χ0n) is 10.5. The van der Waals surface area contributed by atoms with E-state index in [2.05, 4.69) is 53.2 Å². The molecule has 0 aliphatic rings. The van der Waals surface area contributed by atoms with Gasteiger partial charge in [0.25, 0.3) is 0 Å². The molecule has 1 aromatic carbocycles. The fourth-order valence-electron chi connectivity index (χ4n) is 1.60. The Bertz CT molecular complexity index is 502. The molecule has 2 aromatic rings. The number of aryl methyl sites for hydroxylation is 1. The molecule has 18 heavy (non-hydrogen) atoms. The number of nitrogens with zero attached hydrogens (tertiary/aromatic N) is 2. The fraction of sp³-hybridized carbons (Fsp3) is 0.286. The van der Waals surface area contributed by atoms with Gasteiger partial charge in [0.1, 0.15) is 0 Å². The normalized spacial score (nSPS) is 10.5. The quantitative estimate of drug-likeness (QED) is 0.624. The molecule has 2 rings (SSSR count). The Balaban J connectivity index is 1.93. The predicted molar refractivity (Wildman–Crippen MR) is 70.2 cm³/mol. The molecule has 0 unspecified atom stereocenters. The summed E-state index contributed by atoms with van der Waals surface area (Å²) in [5.74, 6) is 1.33. The lowest BCUT2D eigenvalue weighted by atomic mass is 10.1. The van der Waals surface area contributed by atoms with Crippen LogP contribution in [0.3, 0.4) is 0 Å². The van der Waals surface area contributed by atoms with Gasteiger partial charge in [-0.2, -0.15) is 4.98 Å². The molecular formula is C14H17N3O. The molecule has 0 aliphatic carbocycles. The van der Waals surface area contributed by atoms with Crippen LogP contribution in [0.4, 0.5) is 0 Å². The highest BCUT2D eigenvalue weighted by molar-refractivity contribution is 5.23. The molecule has 0 spiro atoms. The van der Waals surface area contributed by atoms with Crippen LogP contribution in [0.25, 0.3) is 0 Å². The molecule has 0 radical (unpaired) electrons. The maximum atomic E-state index is 5.15. The molecule has 0 aliphatic heterocycles. The van der Waals surface area contributed by atoms with Gasteiger partial charge < -0.3 is 9.84 Å². The molecule has 0 fully saturated rings. The van der Waals surface area contributed by atoms with Gasteiger partial charge in [0.15, 0.2) is 5.82 Å². The molecular weight excluding hydrogens is 226 g/mol. The van der Waals surface area contributed by atoms with Crippen LogP contribution in [-0.2, 0) is 13.0 Å².